The number of likely N-dealkylation sites (N-methyl/N-ethyl adjacent to an activating group) is 1. The fourth-order valence-corrected chi connectivity index (χ4v) is 7.69. The number of hydrogen-bond donors (Lipinski definition) is 1. The van der Waals surface area contributed by atoms with E-state index in [0.717, 1.165) is 67.4 Å². The minimum absolute atomic E-state index is 0.0394. The zero-order chi connectivity index (χ0) is 29.6. The number of carbonyl (C=O) groups is 1. The zero-order valence-corrected chi connectivity index (χ0v) is 25.3. The third kappa shape index (κ3) is 4.90. The smallest absolute Gasteiger partial charge is 0.246 e. The number of piperazine rings is 2. The van der Waals surface area contributed by atoms with Crippen molar-refractivity contribution in [2.45, 2.75) is 44.6 Å². The molecule has 2 aliphatic heterocycles. The Balaban J connectivity index is 1.37. The number of hydrogen-bond acceptors (Lipinski definition) is 11. The maximum atomic E-state index is 12.3. The molecular weight excluding hydrogens is 550 g/mol. The maximum Gasteiger partial charge on any atom is 0.246 e. The molecule has 0 spiro atoms. The van der Waals surface area contributed by atoms with Crippen LogP contribution in [0.2, 0.25) is 0 Å². The van der Waals surface area contributed by atoms with Crippen LogP contribution in [-0.2, 0) is 16.6 Å². The molecule has 5 heterocycles. The summed E-state index contributed by atoms with van der Waals surface area (Å²) in [6.07, 6.45) is 4.02. The third-order valence-corrected chi connectivity index (χ3v) is 10.0. The van der Waals surface area contributed by atoms with E-state index in [0.29, 0.717) is 47.6 Å². The van der Waals surface area contributed by atoms with Gasteiger partial charge in [0.05, 0.1) is 11.0 Å². The van der Waals surface area contributed by atoms with Gasteiger partial charge in [-0.25, -0.2) is 4.98 Å². The first-order chi connectivity index (χ1) is 20.2. The summed E-state index contributed by atoms with van der Waals surface area (Å²) in [6.45, 7) is 13.5. The van der Waals surface area contributed by atoms with Crippen LogP contribution < -0.4 is 15.5 Å². The lowest BCUT2D eigenvalue weighted by molar-refractivity contribution is -0.128. The highest BCUT2D eigenvalue weighted by molar-refractivity contribution is 7.16. The molecule has 2 unspecified atom stereocenters. The molecule has 1 amide bonds. The van der Waals surface area contributed by atoms with Gasteiger partial charge in [-0.1, -0.05) is 11.7 Å². The molecule has 1 aliphatic carbocycles. The fraction of sp³-hybridized carbons (Fsp3) is 0.500. The van der Waals surface area contributed by atoms with Crippen molar-refractivity contribution in [1.82, 2.24) is 24.9 Å². The van der Waals surface area contributed by atoms with Crippen LogP contribution in [0.15, 0.2) is 29.3 Å². The Morgan fingerprint density at radius 3 is 2.69 bits per heavy atom. The molecule has 11 nitrogen and oxygen atoms in total. The lowest BCUT2D eigenvalue weighted by atomic mass is 9.72. The van der Waals surface area contributed by atoms with Crippen LogP contribution in [0.4, 0.5) is 16.5 Å². The number of carbonyl (C=O) groups excluding carboxylic acids is 1. The summed E-state index contributed by atoms with van der Waals surface area (Å²) < 4.78 is 5.95. The van der Waals surface area contributed by atoms with E-state index in [9.17, 15) is 10.1 Å². The molecule has 2 fully saturated rings. The van der Waals surface area contributed by atoms with Gasteiger partial charge in [0.1, 0.15) is 22.6 Å². The van der Waals surface area contributed by atoms with Crippen molar-refractivity contribution in [3.63, 3.8) is 0 Å². The van der Waals surface area contributed by atoms with Gasteiger partial charge in [-0.3, -0.25) is 4.79 Å². The second-order valence-corrected chi connectivity index (χ2v) is 12.9. The van der Waals surface area contributed by atoms with Gasteiger partial charge in [-0.05, 0) is 52.3 Å². The second-order valence-electron chi connectivity index (χ2n) is 11.7. The van der Waals surface area contributed by atoms with Crippen molar-refractivity contribution >= 4 is 33.8 Å². The molecule has 12 heteroatoms. The summed E-state index contributed by atoms with van der Waals surface area (Å²) in [6, 6.07) is 6.51. The van der Waals surface area contributed by atoms with Gasteiger partial charge in [0.15, 0.2) is 0 Å². The number of fused-ring (bicyclic) bond motifs is 1. The largest absolute Gasteiger partial charge is 0.389 e. The Bertz CT molecular complexity index is 1550. The first kappa shape index (κ1) is 28.2. The van der Waals surface area contributed by atoms with Crippen molar-refractivity contribution in [2.75, 3.05) is 68.4 Å². The SMILES string of the molecule is C=CC(=O)N1CCN(c2cc(-c3noc(C4(C)CCCc5sc(N)c(C#N)c54)n3)nc(N3CCN(C)CC3)c2)CC1C. The van der Waals surface area contributed by atoms with Crippen LogP contribution in [0, 0.1) is 11.3 Å². The first-order valence-corrected chi connectivity index (χ1v) is 15.3. The number of amides is 1. The molecule has 3 aromatic rings. The van der Waals surface area contributed by atoms with Gasteiger partial charge < -0.3 is 29.9 Å². The summed E-state index contributed by atoms with van der Waals surface area (Å²) >= 11 is 1.49. The molecule has 2 N–H and O–H groups in total. The van der Waals surface area contributed by atoms with E-state index >= 15 is 0 Å². The van der Waals surface area contributed by atoms with Gasteiger partial charge in [-0.15, -0.1) is 11.3 Å². The predicted molar refractivity (Wildman–Crippen MR) is 164 cm³/mol. The number of thiophene rings is 1. The number of aryl methyl sites for hydroxylation is 1. The molecular formula is C30H37N9O2S. The van der Waals surface area contributed by atoms with Crippen LogP contribution in [0.3, 0.4) is 0 Å². The molecule has 0 saturated carbocycles. The van der Waals surface area contributed by atoms with Crippen LogP contribution in [0.1, 0.15) is 48.6 Å². The lowest BCUT2D eigenvalue weighted by Gasteiger charge is -2.41. The van der Waals surface area contributed by atoms with Crippen LogP contribution in [0.25, 0.3) is 11.5 Å². The highest BCUT2D eigenvalue weighted by Gasteiger charge is 2.43. The molecule has 0 bridgehead atoms. The van der Waals surface area contributed by atoms with E-state index in [1.54, 1.807) is 0 Å². The molecule has 3 aromatic heterocycles. The number of nitrogens with two attached hydrogens (primary N) is 1. The Morgan fingerprint density at radius 1 is 1.21 bits per heavy atom. The molecule has 0 aromatic carbocycles. The van der Waals surface area contributed by atoms with Crippen molar-refractivity contribution in [2.24, 2.45) is 0 Å². The Morgan fingerprint density at radius 2 is 1.98 bits per heavy atom. The molecule has 220 valence electrons. The summed E-state index contributed by atoms with van der Waals surface area (Å²) in [5.74, 6) is 1.74. The fourth-order valence-electron chi connectivity index (χ4n) is 6.49. The number of nitrogens with zero attached hydrogens (tertiary/aromatic N) is 8. The Labute approximate surface area is 250 Å². The number of pyridine rings is 1. The summed E-state index contributed by atoms with van der Waals surface area (Å²) in [4.78, 5) is 32.2. The maximum absolute atomic E-state index is 12.3. The highest BCUT2D eigenvalue weighted by atomic mass is 32.1. The van der Waals surface area contributed by atoms with Crippen molar-refractivity contribution in [3.05, 3.63) is 46.7 Å². The van der Waals surface area contributed by atoms with Crippen LogP contribution in [0.5, 0.6) is 0 Å². The summed E-state index contributed by atoms with van der Waals surface area (Å²) in [5.41, 5.74) is 8.74. The molecule has 2 saturated heterocycles. The minimum Gasteiger partial charge on any atom is -0.389 e. The van der Waals surface area contributed by atoms with Gasteiger partial charge in [0.25, 0.3) is 0 Å². The van der Waals surface area contributed by atoms with Gasteiger partial charge in [0, 0.05) is 74.0 Å². The van der Waals surface area contributed by atoms with E-state index < -0.39 is 5.41 Å². The third-order valence-electron chi connectivity index (χ3n) is 8.95. The van der Waals surface area contributed by atoms with Gasteiger partial charge in [-0.2, -0.15) is 10.2 Å². The summed E-state index contributed by atoms with van der Waals surface area (Å²) in [7, 11) is 2.13. The first-order valence-electron chi connectivity index (χ1n) is 14.5. The Hall–Kier alpha value is -3.95. The van der Waals surface area contributed by atoms with Crippen molar-refractivity contribution < 1.29 is 9.32 Å². The lowest BCUT2D eigenvalue weighted by Crippen LogP contribution is -2.53. The van der Waals surface area contributed by atoms with E-state index in [1.807, 2.05) is 11.0 Å². The number of aromatic nitrogens is 3. The van der Waals surface area contributed by atoms with E-state index in [2.05, 4.69) is 59.5 Å². The predicted octanol–water partition coefficient (Wildman–Crippen LogP) is 3.26. The van der Waals surface area contributed by atoms with Crippen LogP contribution >= 0.6 is 11.3 Å². The van der Waals surface area contributed by atoms with Gasteiger partial charge >= 0.3 is 0 Å². The standard InChI is InChI=1S/C30H37N9O2S/c1-5-25(40)39-14-13-38(18-19(39)2)20-15-22(33-24(16-20)37-11-9-36(4)10-12-37)28-34-29(41-35-28)30(3)8-6-7-23-26(30)21(17-31)27(32)42-23/h5,15-16,19H,1,6-14,18,32H2,2-4H3. The van der Waals surface area contributed by atoms with Crippen molar-refractivity contribution in [3.8, 4) is 17.6 Å². The highest BCUT2D eigenvalue weighted by Crippen LogP contribution is 2.48. The topological polar surface area (TPSA) is 132 Å². The number of rotatable bonds is 5. The van der Waals surface area contributed by atoms with Crippen molar-refractivity contribution in [1.29, 1.82) is 5.26 Å². The number of nitriles is 1. The van der Waals surface area contributed by atoms with Crippen LogP contribution in [-0.4, -0.2) is 89.7 Å². The average Bonchev–Trinajstić information content (AvgIpc) is 3.62. The monoisotopic (exact) mass is 587 g/mol. The molecule has 3 aliphatic rings. The second kappa shape index (κ2) is 11.0. The minimum atomic E-state index is -0.598. The van der Waals surface area contributed by atoms with E-state index in [1.165, 1.54) is 17.4 Å². The van der Waals surface area contributed by atoms with E-state index in [4.69, 9.17) is 20.2 Å². The quantitative estimate of drug-likeness (QED) is 0.444. The van der Waals surface area contributed by atoms with Gasteiger partial charge in [0.2, 0.25) is 17.6 Å². The normalized spacial score (nSPS) is 23.0. The Kier molecular flexibility index (Phi) is 7.41. The number of anilines is 3. The summed E-state index contributed by atoms with van der Waals surface area (Å²) in [5, 5.41) is 14.9. The molecule has 0 radical (unpaired) electrons. The molecule has 2 atom stereocenters. The molecule has 42 heavy (non-hydrogen) atoms. The number of nitrogen functional groups attached to an aromatic ring is 1. The average molecular weight is 588 g/mol. The zero-order valence-electron chi connectivity index (χ0n) is 24.5. The molecule has 6 rings (SSSR count). The van der Waals surface area contributed by atoms with E-state index in [-0.39, 0.29) is 11.9 Å².